The molecular formula is C29H23N3O4S. The van der Waals surface area contributed by atoms with Crippen LogP contribution in [0.2, 0.25) is 0 Å². The van der Waals surface area contributed by atoms with Crippen LogP contribution in [0.25, 0.3) is 6.08 Å². The van der Waals surface area contributed by atoms with E-state index >= 15 is 0 Å². The number of aromatic hydroxyl groups is 1. The predicted molar refractivity (Wildman–Crippen MR) is 145 cm³/mol. The number of benzene rings is 3. The van der Waals surface area contributed by atoms with Crippen molar-refractivity contribution in [3.63, 3.8) is 0 Å². The first kappa shape index (κ1) is 24.1. The minimum absolute atomic E-state index is 0.0961. The summed E-state index contributed by atoms with van der Waals surface area (Å²) in [6.07, 6.45) is 4.82. The van der Waals surface area contributed by atoms with Gasteiger partial charge in [0, 0.05) is 5.56 Å². The van der Waals surface area contributed by atoms with Gasteiger partial charge >= 0.3 is 0 Å². The lowest BCUT2D eigenvalue weighted by atomic mass is 10.2. The zero-order valence-corrected chi connectivity index (χ0v) is 20.5. The molecule has 0 aliphatic carbocycles. The van der Waals surface area contributed by atoms with Crippen LogP contribution >= 0.6 is 11.8 Å². The third kappa shape index (κ3) is 6.17. The minimum Gasteiger partial charge on any atom is -0.507 e. The Bertz CT molecular complexity index is 1460. The van der Waals surface area contributed by atoms with Crippen LogP contribution in [0.4, 0.5) is 0 Å². The number of ether oxygens (including phenoxy) is 1. The average Bonchev–Trinajstić information content (AvgIpc) is 3.54. The first-order chi connectivity index (χ1) is 18.2. The summed E-state index contributed by atoms with van der Waals surface area (Å²) in [5.41, 5.74) is 2.44. The number of nitrogens with zero attached hydrogens (tertiary/aromatic N) is 3. The highest BCUT2D eigenvalue weighted by atomic mass is 32.2. The van der Waals surface area contributed by atoms with E-state index < -0.39 is 0 Å². The molecule has 0 spiro atoms. The molecule has 184 valence electrons. The van der Waals surface area contributed by atoms with Gasteiger partial charge in [0.15, 0.2) is 5.17 Å². The molecule has 1 amide bonds. The number of amides is 1. The molecule has 7 nitrogen and oxygen atoms in total. The number of hydrogen-bond acceptors (Lipinski definition) is 7. The van der Waals surface area contributed by atoms with Crippen LogP contribution in [-0.4, -0.2) is 27.3 Å². The van der Waals surface area contributed by atoms with Gasteiger partial charge in [-0.1, -0.05) is 60.7 Å². The van der Waals surface area contributed by atoms with E-state index in [4.69, 9.17) is 9.15 Å². The Morgan fingerprint density at radius 1 is 0.973 bits per heavy atom. The number of phenolic OH excluding ortho intramolecular Hbond substituents is 1. The van der Waals surface area contributed by atoms with Gasteiger partial charge in [0.1, 0.15) is 23.9 Å². The lowest BCUT2D eigenvalue weighted by Crippen LogP contribution is -2.28. The number of carbonyl (C=O) groups is 1. The summed E-state index contributed by atoms with van der Waals surface area (Å²) in [6.45, 7) is 0.685. The number of phenols is 1. The van der Waals surface area contributed by atoms with E-state index in [-0.39, 0.29) is 18.2 Å². The third-order valence-electron chi connectivity index (χ3n) is 5.46. The van der Waals surface area contributed by atoms with Crippen molar-refractivity contribution < 1.29 is 19.1 Å². The topological polar surface area (TPSA) is 87.6 Å². The van der Waals surface area contributed by atoms with Crippen LogP contribution in [0.5, 0.6) is 11.5 Å². The number of furan rings is 1. The van der Waals surface area contributed by atoms with Gasteiger partial charge in [-0.05, 0) is 59.3 Å². The molecule has 0 radical (unpaired) electrons. The highest BCUT2D eigenvalue weighted by Crippen LogP contribution is 2.35. The SMILES string of the molecule is O=C1/C(=C/c2ccccc2O)S/C(=N/N=C\c2cccc(OCc3ccccc3)c2)N1Cc1ccco1. The zero-order valence-electron chi connectivity index (χ0n) is 19.7. The van der Waals surface area contributed by atoms with Crippen molar-refractivity contribution in [1.82, 2.24) is 4.90 Å². The summed E-state index contributed by atoms with van der Waals surface area (Å²) >= 11 is 1.19. The Balaban J connectivity index is 1.34. The molecule has 1 aromatic heterocycles. The van der Waals surface area contributed by atoms with Crippen LogP contribution in [0.15, 0.2) is 117 Å². The van der Waals surface area contributed by atoms with Gasteiger partial charge in [-0.3, -0.25) is 9.69 Å². The summed E-state index contributed by atoms with van der Waals surface area (Å²) in [7, 11) is 0. The van der Waals surface area contributed by atoms with E-state index in [1.54, 1.807) is 55.0 Å². The number of thioether (sulfide) groups is 1. The van der Waals surface area contributed by atoms with Gasteiger partial charge in [-0.2, -0.15) is 5.10 Å². The van der Waals surface area contributed by atoms with E-state index in [2.05, 4.69) is 10.2 Å². The second-order valence-corrected chi connectivity index (χ2v) is 9.12. The maximum atomic E-state index is 13.2. The highest BCUT2D eigenvalue weighted by molar-refractivity contribution is 8.18. The maximum Gasteiger partial charge on any atom is 0.267 e. The minimum atomic E-state index is -0.241. The van der Waals surface area contributed by atoms with Crippen molar-refractivity contribution in [2.45, 2.75) is 13.2 Å². The molecule has 37 heavy (non-hydrogen) atoms. The zero-order chi connectivity index (χ0) is 25.5. The van der Waals surface area contributed by atoms with E-state index in [9.17, 15) is 9.90 Å². The van der Waals surface area contributed by atoms with E-state index in [1.165, 1.54) is 16.7 Å². The van der Waals surface area contributed by atoms with Crippen molar-refractivity contribution in [2.24, 2.45) is 10.2 Å². The molecule has 0 saturated carbocycles. The fraction of sp³-hybridized carbons (Fsp3) is 0.0690. The molecule has 0 bridgehead atoms. The van der Waals surface area contributed by atoms with Gasteiger partial charge in [-0.15, -0.1) is 5.10 Å². The van der Waals surface area contributed by atoms with Crippen molar-refractivity contribution in [3.05, 3.63) is 125 Å². The van der Waals surface area contributed by atoms with Gasteiger partial charge in [-0.25, -0.2) is 0 Å². The number of carbonyl (C=O) groups excluding carboxylic acids is 1. The molecule has 0 unspecified atom stereocenters. The highest BCUT2D eigenvalue weighted by Gasteiger charge is 2.34. The van der Waals surface area contributed by atoms with Crippen molar-refractivity contribution >= 4 is 35.1 Å². The van der Waals surface area contributed by atoms with Gasteiger partial charge in [0.05, 0.1) is 23.9 Å². The molecule has 1 aliphatic rings. The molecule has 1 N–H and O–H groups in total. The number of hydrogen-bond donors (Lipinski definition) is 1. The van der Waals surface area contributed by atoms with Crippen molar-refractivity contribution in [3.8, 4) is 11.5 Å². The Morgan fingerprint density at radius 3 is 2.62 bits per heavy atom. The van der Waals surface area contributed by atoms with Crippen LogP contribution in [0.1, 0.15) is 22.5 Å². The Labute approximate surface area is 218 Å². The molecule has 2 heterocycles. The molecule has 3 aromatic carbocycles. The monoisotopic (exact) mass is 509 g/mol. The van der Waals surface area contributed by atoms with Crippen LogP contribution in [0.3, 0.4) is 0 Å². The van der Waals surface area contributed by atoms with E-state index in [0.717, 1.165) is 16.9 Å². The first-order valence-electron chi connectivity index (χ1n) is 11.6. The van der Waals surface area contributed by atoms with E-state index in [0.29, 0.717) is 28.0 Å². The lowest BCUT2D eigenvalue weighted by Gasteiger charge is -2.12. The quantitative estimate of drug-likeness (QED) is 0.177. The number of para-hydroxylation sites is 1. The summed E-state index contributed by atoms with van der Waals surface area (Å²) in [5, 5.41) is 19.1. The number of amidine groups is 1. The van der Waals surface area contributed by atoms with Crippen molar-refractivity contribution in [2.75, 3.05) is 0 Å². The number of rotatable bonds is 8. The van der Waals surface area contributed by atoms with Crippen LogP contribution in [0, 0.1) is 0 Å². The molecule has 0 atom stereocenters. The van der Waals surface area contributed by atoms with Gasteiger partial charge < -0.3 is 14.3 Å². The Kier molecular flexibility index (Phi) is 7.47. The average molecular weight is 510 g/mol. The molecule has 1 fully saturated rings. The Morgan fingerprint density at radius 2 is 1.81 bits per heavy atom. The molecule has 4 aromatic rings. The summed E-state index contributed by atoms with van der Waals surface area (Å²) in [5.74, 6) is 1.20. The van der Waals surface area contributed by atoms with Gasteiger partial charge in [0.25, 0.3) is 5.91 Å². The standard InChI is InChI=1S/C29H23N3O4S/c33-26-14-5-4-11-23(26)17-27-28(34)32(19-25-13-7-15-35-25)29(37-27)31-30-18-22-10-6-12-24(16-22)36-20-21-8-2-1-3-9-21/h1-18,33H,19-20H2/b27-17-,30-18-,31-29+. The lowest BCUT2D eigenvalue weighted by molar-refractivity contribution is -0.122. The second kappa shape index (κ2) is 11.5. The molecule has 1 aliphatic heterocycles. The fourth-order valence-corrected chi connectivity index (χ4v) is 4.53. The first-order valence-corrected chi connectivity index (χ1v) is 12.4. The summed E-state index contributed by atoms with van der Waals surface area (Å²) in [6, 6.07) is 27.9. The predicted octanol–water partition coefficient (Wildman–Crippen LogP) is 6.07. The Hall–Kier alpha value is -4.56. The fourth-order valence-electron chi connectivity index (χ4n) is 3.60. The third-order valence-corrected chi connectivity index (χ3v) is 6.46. The second-order valence-electron chi connectivity index (χ2n) is 8.11. The smallest absolute Gasteiger partial charge is 0.267 e. The normalized spacial score (nSPS) is 15.8. The summed E-state index contributed by atoms with van der Waals surface area (Å²) < 4.78 is 11.3. The van der Waals surface area contributed by atoms with Crippen LogP contribution in [-0.2, 0) is 17.9 Å². The largest absolute Gasteiger partial charge is 0.507 e. The molecule has 8 heteroatoms. The molecule has 1 saturated heterocycles. The molecule has 5 rings (SSSR count). The van der Waals surface area contributed by atoms with Gasteiger partial charge in [0.2, 0.25) is 0 Å². The molecular weight excluding hydrogens is 486 g/mol. The maximum absolute atomic E-state index is 13.2. The van der Waals surface area contributed by atoms with Crippen molar-refractivity contribution in [1.29, 1.82) is 0 Å². The van der Waals surface area contributed by atoms with E-state index in [1.807, 2.05) is 54.6 Å². The summed E-state index contributed by atoms with van der Waals surface area (Å²) in [4.78, 5) is 15.1. The van der Waals surface area contributed by atoms with Crippen LogP contribution < -0.4 is 4.74 Å².